The lowest BCUT2D eigenvalue weighted by Gasteiger charge is -2.18. The first-order valence-electron chi connectivity index (χ1n) is 9.59. The molecule has 4 aromatic rings. The minimum absolute atomic E-state index is 0.0426. The van der Waals surface area contributed by atoms with E-state index in [9.17, 15) is 9.70 Å². The molecule has 0 aliphatic heterocycles. The number of para-hydroxylation sites is 2. The number of hydrogen-bond acceptors (Lipinski definition) is 7. The minimum Gasteiger partial charge on any atom is -0.462 e. The first-order chi connectivity index (χ1) is 14.9. The molecule has 0 aliphatic carbocycles. The summed E-state index contributed by atoms with van der Waals surface area (Å²) in [5, 5.41) is 5.70. The quantitative estimate of drug-likeness (QED) is 0.426. The van der Waals surface area contributed by atoms with Gasteiger partial charge in [-0.3, -0.25) is 4.79 Å². The molecule has 0 bridgehead atoms. The van der Waals surface area contributed by atoms with Crippen LogP contribution in [0.5, 0.6) is 6.01 Å². The Labute approximate surface area is 177 Å². The summed E-state index contributed by atoms with van der Waals surface area (Å²) in [5.41, 5.74) is 3.47. The van der Waals surface area contributed by atoms with Gasteiger partial charge in [-0.05, 0) is 43.7 Å². The van der Waals surface area contributed by atoms with Gasteiger partial charge in [0.2, 0.25) is 5.95 Å². The maximum atomic E-state index is 11.5. The second-order valence-corrected chi connectivity index (χ2v) is 7.63. The summed E-state index contributed by atoms with van der Waals surface area (Å²) in [4.78, 5) is 38.0. The first kappa shape index (κ1) is 20.1. The molecule has 0 radical (unpaired) electrons. The Morgan fingerprint density at radius 2 is 1.77 bits per heavy atom. The highest BCUT2D eigenvalue weighted by atomic mass is 16.5. The summed E-state index contributed by atoms with van der Waals surface area (Å²) in [6, 6.07) is 15.7. The summed E-state index contributed by atoms with van der Waals surface area (Å²) >= 11 is 0. The number of nitrogens with zero attached hydrogens (tertiary/aromatic N) is 4. The summed E-state index contributed by atoms with van der Waals surface area (Å²) in [5.74, 6) is -0.106. The third-order valence-corrected chi connectivity index (χ3v) is 4.72. The third-order valence-electron chi connectivity index (χ3n) is 4.72. The number of amides is 1. The maximum Gasteiger partial charge on any atom is 0.316 e. The fraction of sp³-hybridized carbons (Fsp3) is 0.182. The van der Waals surface area contributed by atoms with Crippen molar-refractivity contribution in [2.24, 2.45) is 10.6 Å². The number of aromatic nitrogens is 4. The molecule has 2 aromatic heterocycles. The monoisotopic (exact) mass is 416 g/mol. The van der Waals surface area contributed by atoms with Gasteiger partial charge in [0.05, 0.1) is 16.4 Å². The zero-order chi connectivity index (χ0) is 21.8. The van der Waals surface area contributed by atoms with Gasteiger partial charge in [0.15, 0.2) is 0 Å². The Hall–Kier alpha value is -4.14. The van der Waals surface area contributed by atoms with Gasteiger partial charge in [-0.1, -0.05) is 24.3 Å². The minimum atomic E-state index is -1.04. The molecule has 1 amide bonds. The number of hydrogen-bond donors (Lipinski definition) is 2. The van der Waals surface area contributed by atoms with Gasteiger partial charge in [-0.2, -0.15) is 0 Å². The average molecular weight is 416 g/mol. The van der Waals surface area contributed by atoms with E-state index in [0.29, 0.717) is 5.95 Å². The molecular formula is C22H20N6O3. The fourth-order valence-corrected chi connectivity index (χ4v) is 2.86. The van der Waals surface area contributed by atoms with Crippen LogP contribution in [0.3, 0.4) is 0 Å². The number of carbonyl (C=O) groups is 1. The van der Waals surface area contributed by atoms with Crippen LogP contribution in [-0.4, -0.2) is 32.4 Å². The highest BCUT2D eigenvalue weighted by Crippen LogP contribution is 2.24. The lowest BCUT2D eigenvalue weighted by molar-refractivity contribution is -0.127. The zero-order valence-electron chi connectivity index (χ0n) is 17.0. The number of anilines is 2. The number of fused-ring (bicyclic) bond motifs is 1. The Bertz CT molecular complexity index is 1180. The van der Waals surface area contributed by atoms with E-state index in [1.165, 1.54) is 0 Å². The van der Waals surface area contributed by atoms with E-state index < -0.39 is 11.3 Å². The molecule has 2 aromatic carbocycles. The fourth-order valence-electron chi connectivity index (χ4n) is 2.86. The van der Waals surface area contributed by atoms with Gasteiger partial charge in [-0.15, -0.1) is 4.91 Å². The lowest BCUT2D eigenvalue weighted by Crippen LogP contribution is -2.29. The van der Waals surface area contributed by atoms with E-state index in [1.807, 2.05) is 48.5 Å². The van der Waals surface area contributed by atoms with Gasteiger partial charge in [0.1, 0.15) is 6.61 Å². The topological polar surface area (TPSA) is 122 Å². The largest absolute Gasteiger partial charge is 0.462 e. The third kappa shape index (κ3) is 4.55. The number of ether oxygens (including phenoxy) is 1. The van der Waals surface area contributed by atoms with Crippen LogP contribution in [0.15, 0.2) is 66.1 Å². The molecule has 0 fully saturated rings. The van der Waals surface area contributed by atoms with Crippen LogP contribution < -0.4 is 10.1 Å². The summed E-state index contributed by atoms with van der Waals surface area (Å²) in [6.45, 7) is 3.11. The molecule has 0 aliphatic rings. The molecule has 0 spiro atoms. The molecular weight excluding hydrogens is 396 g/mol. The van der Waals surface area contributed by atoms with Crippen LogP contribution in [-0.2, 0) is 4.79 Å². The van der Waals surface area contributed by atoms with Crippen LogP contribution in [0.1, 0.15) is 13.8 Å². The number of imidazole rings is 1. The number of H-pyrrole nitrogens is 1. The summed E-state index contributed by atoms with van der Waals surface area (Å²) in [6.07, 6.45) is 3.27. The van der Waals surface area contributed by atoms with Gasteiger partial charge < -0.3 is 15.0 Å². The number of rotatable bonds is 7. The number of carbonyl (C=O) groups excluding carboxylic acids is 1. The lowest BCUT2D eigenvalue weighted by atomic mass is 9.94. The van der Waals surface area contributed by atoms with E-state index in [2.05, 4.69) is 30.4 Å². The normalized spacial score (nSPS) is 11.3. The number of nitroso groups, excluding NO2 is 1. The highest BCUT2D eigenvalue weighted by Gasteiger charge is 2.30. The van der Waals surface area contributed by atoms with Gasteiger partial charge in [-0.25, -0.2) is 15.0 Å². The molecule has 156 valence electrons. The van der Waals surface area contributed by atoms with Crippen LogP contribution >= 0.6 is 0 Å². The van der Waals surface area contributed by atoms with Crippen LogP contribution in [0.4, 0.5) is 11.6 Å². The predicted molar refractivity (Wildman–Crippen MR) is 117 cm³/mol. The predicted octanol–water partition coefficient (Wildman–Crippen LogP) is 4.46. The molecule has 0 saturated carbocycles. The number of benzene rings is 2. The first-order valence-corrected chi connectivity index (χ1v) is 9.59. The molecule has 0 atom stereocenters. The van der Waals surface area contributed by atoms with Gasteiger partial charge in [0.25, 0.3) is 5.91 Å². The van der Waals surface area contributed by atoms with E-state index in [-0.39, 0.29) is 12.6 Å². The standard InChI is InChI=1S/C22H20N6O3/c1-22(2,19(29)28-30)13-31-21-23-11-15(12-24-21)14-7-9-16(10-8-14)25-20-26-17-5-3-4-6-18(17)27-20/h3-12H,13H2,1-2H3,(H2,25,26,27). The molecule has 4 rings (SSSR count). The van der Waals surface area contributed by atoms with Crippen molar-refractivity contribution in [2.75, 3.05) is 11.9 Å². The number of nitrogens with one attached hydrogen (secondary N) is 2. The molecule has 9 heteroatoms. The summed E-state index contributed by atoms with van der Waals surface area (Å²) in [7, 11) is 0. The SMILES string of the molecule is CC(C)(COc1ncc(-c2ccc(Nc3nc4ccccc4[nH]3)cc2)cn1)C(=O)N=O. The highest BCUT2D eigenvalue weighted by molar-refractivity contribution is 5.82. The van der Waals surface area contributed by atoms with Crippen molar-refractivity contribution in [3.63, 3.8) is 0 Å². The van der Waals surface area contributed by atoms with Crippen LogP contribution in [0.2, 0.25) is 0 Å². The van der Waals surface area contributed by atoms with Crippen molar-refractivity contribution < 1.29 is 9.53 Å². The van der Waals surface area contributed by atoms with Crippen molar-refractivity contribution in [2.45, 2.75) is 13.8 Å². The van der Waals surface area contributed by atoms with Crippen LogP contribution in [0.25, 0.3) is 22.2 Å². The van der Waals surface area contributed by atoms with Crippen molar-refractivity contribution >= 4 is 28.6 Å². The maximum absolute atomic E-state index is 11.5. The second-order valence-electron chi connectivity index (χ2n) is 7.63. The Morgan fingerprint density at radius 1 is 1.06 bits per heavy atom. The van der Waals surface area contributed by atoms with E-state index >= 15 is 0 Å². The van der Waals surface area contributed by atoms with Crippen LogP contribution in [0, 0.1) is 10.3 Å². The second kappa shape index (κ2) is 8.31. The number of aromatic amines is 1. The summed E-state index contributed by atoms with van der Waals surface area (Å²) < 4.78 is 5.43. The molecule has 2 heterocycles. The van der Waals surface area contributed by atoms with E-state index in [4.69, 9.17) is 4.74 Å². The Morgan fingerprint density at radius 3 is 2.45 bits per heavy atom. The van der Waals surface area contributed by atoms with Gasteiger partial charge in [0, 0.05) is 28.8 Å². The zero-order valence-corrected chi connectivity index (χ0v) is 17.0. The van der Waals surface area contributed by atoms with E-state index in [0.717, 1.165) is 27.8 Å². The van der Waals surface area contributed by atoms with Crippen molar-refractivity contribution in [3.8, 4) is 17.1 Å². The smallest absolute Gasteiger partial charge is 0.316 e. The molecule has 9 nitrogen and oxygen atoms in total. The van der Waals surface area contributed by atoms with Crippen molar-refractivity contribution in [1.82, 2.24) is 19.9 Å². The van der Waals surface area contributed by atoms with Crippen molar-refractivity contribution in [3.05, 3.63) is 65.8 Å². The Kier molecular flexibility index (Phi) is 5.40. The molecule has 0 unspecified atom stereocenters. The molecule has 2 N–H and O–H groups in total. The molecule has 0 saturated heterocycles. The average Bonchev–Trinajstić information content (AvgIpc) is 3.20. The van der Waals surface area contributed by atoms with Gasteiger partial charge >= 0.3 is 6.01 Å². The van der Waals surface area contributed by atoms with E-state index in [1.54, 1.807) is 26.2 Å². The molecule has 31 heavy (non-hydrogen) atoms. The Balaban J connectivity index is 1.40. The van der Waals surface area contributed by atoms with Crippen molar-refractivity contribution in [1.29, 1.82) is 0 Å².